The topological polar surface area (TPSA) is 61.4 Å². The first kappa shape index (κ1) is 14.4. The summed E-state index contributed by atoms with van der Waals surface area (Å²) in [6, 6.07) is 9.50. The normalized spacial score (nSPS) is 11.9. The van der Waals surface area contributed by atoms with Gasteiger partial charge in [0.25, 0.3) is 0 Å². The van der Waals surface area contributed by atoms with E-state index in [1.165, 1.54) is 6.07 Å². The van der Waals surface area contributed by atoms with Gasteiger partial charge in [0, 0.05) is 22.9 Å². The number of ether oxygens (including phenoxy) is 1. The number of hydrogen-bond donors (Lipinski definition) is 1. The van der Waals surface area contributed by atoms with E-state index in [2.05, 4.69) is 4.72 Å². The molecule has 4 nitrogen and oxygen atoms in total. The number of benzene rings is 2. The number of rotatable bonds is 5. The minimum Gasteiger partial charge on any atom is -0.755 e. The first-order valence-electron chi connectivity index (χ1n) is 5.58. The zero-order valence-electron chi connectivity index (χ0n) is 10.1. The highest BCUT2D eigenvalue weighted by atomic mass is 32.2. The lowest BCUT2D eigenvalue weighted by atomic mass is 10.2. The molecule has 0 radical (unpaired) electrons. The molecule has 0 fully saturated rings. The van der Waals surface area contributed by atoms with E-state index in [1.807, 2.05) is 0 Å². The van der Waals surface area contributed by atoms with Gasteiger partial charge in [-0.3, -0.25) is 4.21 Å². The molecule has 20 heavy (non-hydrogen) atoms. The van der Waals surface area contributed by atoms with Gasteiger partial charge in [-0.25, -0.2) is 8.78 Å². The zero-order chi connectivity index (χ0) is 14.5. The monoisotopic (exact) mass is 298 g/mol. The van der Waals surface area contributed by atoms with Crippen LogP contribution in [0.25, 0.3) is 0 Å². The van der Waals surface area contributed by atoms with Gasteiger partial charge in [0.1, 0.15) is 12.4 Å². The maximum absolute atomic E-state index is 13.4. The van der Waals surface area contributed by atoms with Crippen LogP contribution < -0.4 is 9.46 Å². The molecule has 0 aromatic heterocycles. The van der Waals surface area contributed by atoms with Crippen molar-refractivity contribution in [3.63, 3.8) is 0 Å². The molecule has 0 saturated heterocycles. The lowest BCUT2D eigenvalue weighted by Gasteiger charge is -2.14. The van der Waals surface area contributed by atoms with Gasteiger partial charge in [-0.1, -0.05) is 18.2 Å². The van der Waals surface area contributed by atoms with Crippen LogP contribution in [0.3, 0.4) is 0 Å². The smallest absolute Gasteiger partial charge is 0.167 e. The molecule has 7 heteroatoms. The average Bonchev–Trinajstić information content (AvgIpc) is 2.39. The number of nitrogens with one attached hydrogen (secondary N) is 1. The van der Waals surface area contributed by atoms with Crippen LogP contribution in [-0.4, -0.2) is 8.76 Å². The van der Waals surface area contributed by atoms with Crippen LogP contribution >= 0.6 is 0 Å². The van der Waals surface area contributed by atoms with Crippen molar-refractivity contribution in [1.82, 2.24) is 0 Å². The maximum Gasteiger partial charge on any atom is 0.167 e. The Morgan fingerprint density at radius 3 is 2.65 bits per heavy atom. The lowest BCUT2D eigenvalue weighted by molar-refractivity contribution is 0.290. The largest absolute Gasteiger partial charge is 0.755 e. The molecule has 2 aromatic rings. The molecular weight excluding hydrogens is 288 g/mol. The number of halogens is 2. The van der Waals surface area contributed by atoms with Gasteiger partial charge in [-0.15, -0.1) is 0 Å². The van der Waals surface area contributed by atoms with E-state index < -0.39 is 22.9 Å². The van der Waals surface area contributed by atoms with E-state index in [4.69, 9.17) is 4.74 Å². The summed E-state index contributed by atoms with van der Waals surface area (Å²) in [5, 5.41) is 0. The maximum atomic E-state index is 13.4. The third-order valence-electron chi connectivity index (χ3n) is 2.49. The molecular formula is C13H10F2NO3S-. The van der Waals surface area contributed by atoms with Crippen molar-refractivity contribution < 1.29 is 22.3 Å². The average molecular weight is 298 g/mol. The Balaban J connectivity index is 2.12. The second-order valence-electron chi connectivity index (χ2n) is 3.86. The highest BCUT2D eigenvalue weighted by Crippen LogP contribution is 2.21. The Bertz CT molecular complexity index is 637. The standard InChI is InChI=1S/C13H11F2NO3S/c14-10-5-6-13(11(15)7-10)19-8-9-3-1-2-4-12(9)16-20(17)18/h1-7,16H,8H2,(H,17,18)/p-1. The predicted molar refractivity (Wildman–Crippen MR) is 69.7 cm³/mol. The lowest BCUT2D eigenvalue weighted by Crippen LogP contribution is -2.07. The first-order chi connectivity index (χ1) is 9.56. The van der Waals surface area contributed by atoms with Gasteiger partial charge in [0.05, 0.1) is 5.69 Å². The van der Waals surface area contributed by atoms with E-state index in [0.717, 1.165) is 6.07 Å². The number of hydrogen-bond acceptors (Lipinski definition) is 3. The predicted octanol–water partition coefficient (Wildman–Crippen LogP) is 2.75. The molecule has 0 amide bonds. The van der Waals surface area contributed by atoms with Gasteiger partial charge in [0.2, 0.25) is 0 Å². The molecule has 1 atom stereocenters. The summed E-state index contributed by atoms with van der Waals surface area (Å²) in [5.41, 5.74) is 0.865. The van der Waals surface area contributed by atoms with Gasteiger partial charge < -0.3 is 14.0 Å². The SMILES string of the molecule is O=S([O-])Nc1ccccc1COc1ccc(F)cc1F. The minimum atomic E-state index is -2.46. The summed E-state index contributed by atoms with van der Waals surface area (Å²) in [7, 11) is 0. The van der Waals surface area contributed by atoms with Crippen molar-refractivity contribution in [3.8, 4) is 5.75 Å². The van der Waals surface area contributed by atoms with Crippen LogP contribution in [0.1, 0.15) is 5.56 Å². The summed E-state index contributed by atoms with van der Waals surface area (Å²) >= 11 is -2.46. The second kappa shape index (κ2) is 6.44. The van der Waals surface area contributed by atoms with Crippen molar-refractivity contribution in [3.05, 3.63) is 59.7 Å². The molecule has 1 unspecified atom stereocenters. The highest BCUT2D eigenvalue weighted by molar-refractivity contribution is 7.80. The molecule has 0 aliphatic heterocycles. The Hall–Kier alpha value is -1.99. The Kier molecular flexibility index (Phi) is 4.65. The van der Waals surface area contributed by atoms with Crippen LogP contribution in [0.15, 0.2) is 42.5 Å². The molecule has 2 rings (SSSR count). The molecule has 0 bridgehead atoms. The molecule has 2 aromatic carbocycles. The van der Waals surface area contributed by atoms with Crippen molar-refractivity contribution in [2.45, 2.75) is 6.61 Å². The molecule has 1 N–H and O–H groups in total. The number of anilines is 1. The second-order valence-corrected chi connectivity index (χ2v) is 4.53. The Morgan fingerprint density at radius 1 is 1.20 bits per heavy atom. The van der Waals surface area contributed by atoms with Crippen LogP contribution in [0.2, 0.25) is 0 Å². The summed E-state index contributed by atoms with van der Waals surface area (Å²) in [6.45, 7) is -0.0527. The van der Waals surface area contributed by atoms with Crippen LogP contribution in [0.4, 0.5) is 14.5 Å². The van der Waals surface area contributed by atoms with Gasteiger partial charge in [0.15, 0.2) is 11.6 Å². The fraction of sp³-hybridized carbons (Fsp3) is 0.0769. The van der Waals surface area contributed by atoms with Crippen molar-refractivity contribution in [1.29, 1.82) is 0 Å². The van der Waals surface area contributed by atoms with E-state index in [0.29, 0.717) is 17.3 Å². The molecule has 0 saturated carbocycles. The van der Waals surface area contributed by atoms with Crippen molar-refractivity contribution in [2.24, 2.45) is 0 Å². The van der Waals surface area contributed by atoms with E-state index in [-0.39, 0.29) is 12.4 Å². The van der Waals surface area contributed by atoms with E-state index >= 15 is 0 Å². The molecule has 0 aliphatic carbocycles. The van der Waals surface area contributed by atoms with Crippen molar-refractivity contribution in [2.75, 3.05) is 4.72 Å². The third kappa shape index (κ3) is 3.75. The Morgan fingerprint density at radius 2 is 1.95 bits per heavy atom. The van der Waals surface area contributed by atoms with Gasteiger partial charge in [-0.2, -0.15) is 0 Å². The fourth-order valence-electron chi connectivity index (χ4n) is 1.58. The number of para-hydroxylation sites is 1. The van der Waals surface area contributed by atoms with Crippen LogP contribution in [0.5, 0.6) is 5.75 Å². The Labute approximate surface area is 116 Å². The van der Waals surface area contributed by atoms with Crippen molar-refractivity contribution >= 4 is 17.0 Å². The van der Waals surface area contributed by atoms with Crippen LogP contribution in [-0.2, 0) is 17.9 Å². The molecule has 106 valence electrons. The molecule has 0 heterocycles. The van der Waals surface area contributed by atoms with E-state index in [1.54, 1.807) is 24.3 Å². The van der Waals surface area contributed by atoms with Gasteiger partial charge in [-0.05, 0) is 18.2 Å². The van der Waals surface area contributed by atoms with Crippen LogP contribution in [0, 0.1) is 11.6 Å². The fourth-order valence-corrected chi connectivity index (χ4v) is 1.96. The zero-order valence-corrected chi connectivity index (χ0v) is 11.0. The highest BCUT2D eigenvalue weighted by Gasteiger charge is 2.07. The first-order valence-corrected chi connectivity index (χ1v) is 6.65. The van der Waals surface area contributed by atoms with E-state index in [9.17, 15) is 17.5 Å². The molecule has 0 spiro atoms. The quantitative estimate of drug-likeness (QED) is 0.863. The summed E-state index contributed by atoms with van der Waals surface area (Å²) in [6.07, 6.45) is 0. The minimum absolute atomic E-state index is 0.0527. The summed E-state index contributed by atoms with van der Waals surface area (Å²) in [5.74, 6) is -1.62. The summed E-state index contributed by atoms with van der Waals surface area (Å²) in [4.78, 5) is 0. The third-order valence-corrected chi connectivity index (χ3v) is 2.87. The van der Waals surface area contributed by atoms with Gasteiger partial charge >= 0.3 is 0 Å². The molecule has 0 aliphatic rings. The summed E-state index contributed by atoms with van der Waals surface area (Å²) < 4.78 is 54.8.